The number of ether oxygens (including phenoxy) is 1. The van der Waals surface area contributed by atoms with E-state index in [-0.39, 0.29) is 5.91 Å². The predicted molar refractivity (Wildman–Crippen MR) is 95.3 cm³/mol. The standard InChI is InChI=1S/C18H18N4O2S/c1-24-11-13-4-5-16(25-13)18(23)22-8-6-14-15(10-22)21-17(20-14)12-3-2-7-19-9-12/h2-5,7,9H,6,8,10-11H2,1H3,(H,20,21). The fraction of sp³-hybridized carbons (Fsp3) is 0.278. The van der Waals surface area contributed by atoms with Gasteiger partial charge in [0.2, 0.25) is 0 Å². The highest BCUT2D eigenvalue weighted by atomic mass is 32.1. The number of nitrogens with zero attached hydrogens (tertiary/aromatic N) is 3. The van der Waals surface area contributed by atoms with Gasteiger partial charge in [-0.05, 0) is 24.3 Å². The van der Waals surface area contributed by atoms with Crippen LogP contribution in [0.2, 0.25) is 0 Å². The molecule has 3 aromatic rings. The highest BCUT2D eigenvalue weighted by Crippen LogP contribution is 2.25. The van der Waals surface area contributed by atoms with E-state index in [1.165, 1.54) is 11.3 Å². The van der Waals surface area contributed by atoms with E-state index >= 15 is 0 Å². The van der Waals surface area contributed by atoms with Crippen LogP contribution in [0.4, 0.5) is 0 Å². The topological polar surface area (TPSA) is 71.1 Å². The number of pyridine rings is 1. The van der Waals surface area contributed by atoms with Crippen molar-refractivity contribution in [2.24, 2.45) is 0 Å². The Bertz CT molecular complexity index is 888. The first-order valence-corrected chi connectivity index (χ1v) is 8.91. The first-order valence-electron chi connectivity index (χ1n) is 8.09. The highest BCUT2D eigenvalue weighted by molar-refractivity contribution is 7.14. The normalized spacial score (nSPS) is 13.7. The van der Waals surface area contributed by atoms with Crippen LogP contribution in [0.15, 0.2) is 36.7 Å². The quantitative estimate of drug-likeness (QED) is 0.782. The van der Waals surface area contributed by atoms with Crippen LogP contribution in [0.5, 0.6) is 0 Å². The molecule has 1 amide bonds. The van der Waals surface area contributed by atoms with Gasteiger partial charge in [-0.25, -0.2) is 4.98 Å². The van der Waals surface area contributed by atoms with Crippen LogP contribution in [0, 0.1) is 0 Å². The van der Waals surface area contributed by atoms with Crippen LogP contribution in [0.25, 0.3) is 11.4 Å². The molecule has 0 radical (unpaired) electrons. The Morgan fingerprint density at radius 3 is 3.12 bits per heavy atom. The molecule has 4 heterocycles. The number of imidazole rings is 1. The van der Waals surface area contributed by atoms with Crippen molar-refractivity contribution in [1.29, 1.82) is 0 Å². The van der Waals surface area contributed by atoms with E-state index in [0.717, 1.165) is 39.0 Å². The molecule has 25 heavy (non-hydrogen) atoms. The highest BCUT2D eigenvalue weighted by Gasteiger charge is 2.25. The minimum Gasteiger partial charge on any atom is -0.379 e. The lowest BCUT2D eigenvalue weighted by atomic mass is 10.1. The number of hydrogen-bond donors (Lipinski definition) is 1. The number of aromatic amines is 1. The maximum absolute atomic E-state index is 12.8. The largest absolute Gasteiger partial charge is 0.379 e. The molecule has 0 saturated heterocycles. The number of amides is 1. The number of aromatic nitrogens is 3. The van der Waals surface area contributed by atoms with Gasteiger partial charge in [-0.2, -0.15) is 0 Å². The van der Waals surface area contributed by atoms with E-state index < -0.39 is 0 Å². The molecule has 128 valence electrons. The van der Waals surface area contributed by atoms with E-state index in [0.29, 0.717) is 19.7 Å². The maximum atomic E-state index is 12.8. The summed E-state index contributed by atoms with van der Waals surface area (Å²) in [5.74, 6) is 0.876. The Balaban J connectivity index is 1.52. The maximum Gasteiger partial charge on any atom is 0.264 e. The zero-order chi connectivity index (χ0) is 17.2. The van der Waals surface area contributed by atoms with Crippen LogP contribution in [-0.4, -0.2) is 39.4 Å². The van der Waals surface area contributed by atoms with Crippen molar-refractivity contribution in [2.75, 3.05) is 13.7 Å². The smallest absolute Gasteiger partial charge is 0.264 e. The van der Waals surface area contributed by atoms with Crippen molar-refractivity contribution in [1.82, 2.24) is 19.9 Å². The fourth-order valence-corrected chi connectivity index (χ4v) is 3.92. The average Bonchev–Trinajstić information content (AvgIpc) is 3.28. The van der Waals surface area contributed by atoms with Gasteiger partial charge in [-0.3, -0.25) is 9.78 Å². The van der Waals surface area contributed by atoms with Gasteiger partial charge in [0.15, 0.2) is 0 Å². The number of rotatable bonds is 4. The van der Waals surface area contributed by atoms with Crippen molar-refractivity contribution in [3.8, 4) is 11.4 Å². The van der Waals surface area contributed by atoms with Gasteiger partial charge in [0.05, 0.1) is 29.4 Å². The third-order valence-corrected chi connectivity index (χ3v) is 5.26. The van der Waals surface area contributed by atoms with Gasteiger partial charge in [-0.15, -0.1) is 11.3 Å². The summed E-state index contributed by atoms with van der Waals surface area (Å²) in [6, 6.07) is 7.70. The summed E-state index contributed by atoms with van der Waals surface area (Å²) >= 11 is 1.49. The Morgan fingerprint density at radius 2 is 2.32 bits per heavy atom. The van der Waals surface area contributed by atoms with Crippen LogP contribution in [0.3, 0.4) is 0 Å². The number of H-pyrrole nitrogens is 1. The summed E-state index contributed by atoms with van der Waals surface area (Å²) in [6.45, 7) is 1.77. The Morgan fingerprint density at radius 1 is 1.40 bits per heavy atom. The number of hydrogen-bond acceptors (Lipinski definition) is 5. The van der Waals surface area contributed by atoms with E-state index in [2.05, 4.69) is 15.0 Å². The molecular formula is C18H18N4O2S. The molecule has 3 aromatic heterocycles. The number of nitrogens with one attached hydrogen (secondary N) is 1. The molecule has 0 saturated carbocycles. The molecule has 7 heteroatoms. The molecule has 0 unspecified atom stereocenters. The van der Waals surface area contributed by atoms with Crippen molar-refractivity contribution >= 4 is 17.2 Å². The minimum atomic E-state index is 0.0653. The molecule has 0 fully saturated rings. The van der Waals surface area contributed by atoms with Gasteiger partial charge >= 0.3 is 0 Å². The van der Waals surface area contributed by atoms with Crippen LogP contribution < -0.4 is 0 Å². The second-order valence-electron chi connectivity index (χ2n) is 5.93. The summed E-state index contributed by atoms with van der Waals surface area (Å²) in [7, 11) is 1.66. The van der Waals surface area contributed by atoms with Crippen LogP contribution in [0.1, 0.15) is 25.9 Å². The Hall–Kier alpha value is -2.51. The van der Waals surface area contributed by atoms with Gasteiger partial charge in [0, 0.05) is 42.9 Å². The van der Waals surface area contributed by atoms with E-state index in [4.69, 9.17) is 4.74 Å². The van der Waals surface area contributed by atoms with Gasteiger partial charge in [0.25, 0.3) is 5.91 Å². The Kier molecular flexibility index (Phi) is 4.33. The minimum absolute atomic E-state index is 0.0653. The molecule has 1 aliphatic heterocycles. The van der Waals surface area contributed by atoms with Crippen LogP contribution in [-0.2, 0) is 24.3 Å². The SMILES string of the molecule is COCc1ccc(C(=O)N2CCc3nc(-c4cccnc4)[nH]c3C2)s1. The second-order valence-corrected chi connectivity index (χ2v) is 7.10. The van der Waals surface area contributed by atoms with E-state index in [1.54, 1.807) is 19.5 Å². The second kappa shape index (κ2) is 6.78. The third-order valence-electron chi connectivity index (χ3n) is 4.21. The summed E-state index contributed by atoms with van der Waals surface area (Å²) in [5.41, 5.74) is 3.00. The summed E-state index contributed by atoms with van der Waals surface area (Å²) in [4.78, 5) is 28.6. The summed E-state index contributed by atoms with van der Waals surface area (Å²) < 4.78 is 5.12. The number of methoxy groups -OCH3 is 1. The van der Waals surface area contributed by atoms with Crippen molar-refractivity contribution in [3.05, 3.63) is 57.8 Å². The predicted octanol–water partition coefficient (Wildman–Crippen LogP) is 2.88. The fourth-order valence-electron chi connectivity index (χ4n) is 2.98. The van der Waals surface area contributed by atoms with Gasteiger partial charge in [0.1, 0.15) is 5.82 Å². The first kappa shape index (κ1) is 16.0. The lowest BCUT2D eigenvalue weighted by Gasteiger charge is -2.25. The Labute approximate surface area is 149 Å². The molecule has 4 rings (SSSR count). The van der Waals surface area contributed by atoms with E-state index in [9.17, 15) is 4.79 Å². The van der Waals surface area contributed by atoms with E-state index in [1.807, 2.05) is 29.2 Å². The van der Waals surface area contributed by atoms with Gasteiger partial charge in [-0.1, -0.05) is 0 Å². The molecule has 0 spiro atoms. The molecule has 0 aliphatic carbocycles. The first-order chi connectivity index (χ1) is 12.2. The third kappa shape index (κ3) is 3.20. The molecule has 0 atom stereocenters. The molecule has 6 nitrogen and oxygen atoms in total. The zero-order valence-corrected chi connectivity index (χ0v) is 14.7. The lowest BCUT2D eigenvalue weighted by Crippen LogP contribution is -2.35. The van der Waals surface area contributed by atoms with Crippen molar-refractivity contribution < 1.29 is 9.53 Å². The summed E-state index contributed by atoms with van der Waals surface area (Å²) in [6.07, 6.45) is 4.29. The molecule has 1 N–H and O–H groups in total. The number of fused-ring (bicyclic) bond motifs is 1. The number of thiophene rings is 1. The number of carbonyl (C=O) groups excluding carboxylic acids is 1. The average molecular weight is 354 g/mol. The van der Waals surface area contributed by atoms with Crippen LogP contribution >= 0.6 is 11.3 Å². The molecular weight excluding hydrogens is 336 g/mol. The zero-order valence-electron chi connectivity index (χ0n) is 13.9. The molecule has 0 bridgehead atoms. The van der Waals surface area contributed by atoms with Crippen molar-refractivity contribution in [3.63, 3.8) is 0 Å². The molecule has 0 aromatic carbocycles. The van der Waals surface area contributed by atoms with Gasteiger partial charge < -0.3 is 14.6 Å². The lowest BCUT2D eigenvalue weighted by molar-refractivity contribution is 0.0737. The molecule has 1 aliphatic rings. The summed E-state index contributed by atoms with van der Waals surface area (Å²) in [5, 5.41) is 0. The number of carbonyl (C=O) groups is 1. The monoisotopic (exact) mass is 354 g/mol. The van der Waals surface area contributed by atoms with Crippen molar-refractivity contribution in [2.45, 2.75) is 19.6 Å².